The van der Waals surface area contributed by atoms with E-state index in [9.17, 15) is 14.4 Å². The molecule has 0 bridgehead atoms. The Balaban J connectivity index is 1.71. The van der Waals surface area contributed by atoms with Crippen molar-refractivity contribution in [2.75, 3.05) is 18.6 Å². The molecule has 0 radical (unpaired) electrons. The Labute approximate surface area is 163 Å². The zero-order valence-electron chi connectivity index (χ0n) is 16.6. The lowest BCUT2D eigenvalue weighted by atomic mass is 10.1. The number of carbonyl (C=O) groups is 2. The second kappa shape index (κ2) is 7.88. The van der Waals surface area contributed by atoms with E-state index in [1.165, 1.54) is 0 Å². The van der Waals surface area contributed by atoms with Crippen molar-refractivity contribution in [1.82, 2.24) is 10.3 Å². The molecule has 7 heteroatoms. The van der Waals surface area contributed by atoms with Gasteiger partial charge in [0.25, 0.3) is 5.56 Å². The number of carbonyl (C=O) groups excluding carboxylic acids is 2. The van der Waals surface area contributed by atoms with Gasteiger partial charge in [-0.25, -0.2) is 0 Å². The monoisotopic (exact) mass is 383 g/mol. The molecule has 2 amide bonds. The van der Waals surface area contributed by atoms with Gasteiger partial charge < -0.3 is 19.9 Å². The Kier molecular flexibility index (Phi) is 5.53. The number of aromatic nitrogens is 1. The van der Waals surface area contributed by atoms with Crippen molar-refractivity contribution < 1.29 is 14.3 Å². The van der Waals surface area contributed by atoms with Crippen LogP contribution < -0.4 is 20.5 Å². The molecule has 0 aliphatic carbocycles. The number of anilines is 1. The van der Waals surface area contributed by atoms with E-state index in [2.05, 4.69) is 10.3 Å². The number of rotatable bonds is 5. The van der Waals surface area contributed by atoms with Crippen LogP contribution in [0.25, 0.3) is 0 Å². The SMILES string of the molecule is COc1ccc(C)cc1N1CC(C(=O)NCc2c(C)cc(C)[nH]c2=O)CC1=O. The van der Waals surface area contributed by atoms with E-state index in [0.717, 1.165) is 16.8 Å². The molecule has 0 saturated carbocycles. The van der Waals surface area contributed by atoms with Crippen molar-refractivity contribution in [3.8, 4) is 5.75 Å². The third-order valence-electron chi connectivity index (χ3n) is 5.05. The number of pyridine rings is 1. The molecule has 1 aromatic carbocycles. The fourth-order valence-electron chi connectivity index (χ4n) is 3.55. The first-order valence-corrected chi connectivity index (χ1v) is 9.22. The molecule has 28 heavy (non-hydrogen) atoms. The van der Waals surface area contributed by atoms with Crippen LogP contribution in [0.4, 0.5) is 5.69 Å². The van der Waals surface area contributed by atoms with Gasteiger partial charge in [-0.3, -0.25) is 14.4 Å². The van der Waals surface area contributed by atoms with Crippen molar-refractivity contribution in [3.05, 3.63) is 57.0 Å². The van der Waals surface area contributed by atoms with Crippen LogP contribution in [0.5, 0.6) is 5.75 Å². The summed E-state index contributed by atoms with van der Waals surface area (Å²) in [4.78, 5) is 41.6. The summed E-state index contributed by atoms with van der Waals surface area (Å²) >= 11 is 0. The quantitative estimate of drug-likeness (QED) is 0.826. The topological polar surface area (TPSA) is 91.5 Å². The number of aryl methyl sites for hydroxylation is 3. The summed E-state index contributed by atoms with van der Waals surface area (Å²) < 4.78 is 5.37. The molecular weight excluding hydrogens is 358 g/mol. The van der Waals surface area contributed by atoms with E-state index in [1.807, 2.05) is 45.0 Å². The summed E-state index contributed by atoms with van der Waals surface area (Å²) in [5, 5.41) is 2.81. The minimum atomic E-state index is -0.470. The van der Waals surface area contributed by atoms with Crippen LogP contribution in [-0.4, -0.2) is 30.5 Å². The molecule has 1 atom stereocenters. The molecule has 1 saturated heterocycles. The maximum Gasteiger partial charge on any atom is 0.253 e. The Hall–Kier alpha value is -3.09. The molecule has 0 spiro atoms. The Morgan fingerprint density at radius 3 is 2.68 bits per heavy atom. The molecule has 3 rings (SSSR count). The van der Waals surface area contributed by atoms with E-state index in [0.29, 0.717) is 17.0 Å². The fraction of sp³-hybridized carbons (Fsp3) is 0.381. The lowest BCUT2D eigenvalue weighted by molar-refractivity contribution is -0.126. The Morgan fingerprint density at radius 1 is 1.25 bits per heavy atom. The minimum Gasteiger partial charge on any atom is -0.495 e. The van der Waals surface area contributed by atoms with E-state index in [1.54, 1.807) is 12.0 Å². The van der Waals surface area contributed by atoms with Gasteiger partial charge in [0.05, 0.1) is 18.7 Å². The molecule has 1 fully saturated rings. The summed E-state index contributed by atoms with van der Waals surface area (Å²) in [7, 11) is 1.56. The summed E-state index contributed by atoms with van der Waals surface area (Å²) in [5.41, 5.74) is 3.61. The van der Waals surface area contributed by atoms with Gasteiger partial charge >= 0.3 is 0 Å². The van der Waals surface area contributed by atoms with Crippen LogP contribution in [0.2, 0.25) is 0 Å². The Morgan fingerprint density at radius 2 is 2.00 bits per heavy atom. The molecule has 2 heterocycles. The number of aromatic amines is 1. The zero-order chi connectivity index (χ0) is 20.4. The van der Waals surface area contributed by atoms with Crippen molar-refractivity contribution >= 4 is 17.5 Å². The minimum absolute atomic E-state index is 0.117. The third kappa shape index (κ3) is 3.93. The molecule has 7 nitrogen and oxygen atoms in total. The maximum atomic E-state index is 12.6. The highest BCUT2D eigenvalue weighted by Gasteiger charge is 2.36. The predicted molar refractivity (Wildman–Crippen MR) is 107 cm³/mol. The number of amides is 2. The highest BCUT2D eigenvalue weighted by molar-refractivity contribution is 6.01. The predicted octanol–water partition coefficient (Wildman–Crippen LogP) is 1.98. The van der Waals surface area contributed by atoms with E-state index in [4.69, 9.17) is 4.74 Å². The normalized spacial score (nSPS) is 16.4. The summed E-state index contributed by atoms with van der Waals surface area (Å²) in [5.74, 6) is -0.223. The van der Waals surface area contributed by atoms with Crippen LogP contribution in [0.1, 0.15) is 28.8 Å². The number of nitrogens with one attached hydrogen (secondary N) is 2. The maximum absolute atomic E-state index is 12.6. The highest BCUT2D eigenvalue weighted by Crippen LogP contribution is 2.33. The number of benzene rings is 1. The number of ether oxygens (including phenoxy) is 1. The van der Waals surface area contributed by atoms with E-state index < -0.39 is 5.92 Å². The van der Waals surface area contributed by atoms with Crippen molar-refractivity contribution in [2.24, 2.45) is 5.92 Å². The first-order chi connectivity index (χ1) is 13.3. The van der Waals surface area contributed by atoms with Gasteiger partial charge in [0.1, 0.15) is 5.75 Å². The second-order valence-corrected chi connectivity index (χ2v) is 7.24. The molecule has 1 aromatic heterocycles. The fourth-order valence-corrected chi connectivity index (χ4v) is 3.55. The number of hydrogen-bond donors (Lipinski definition) is 2. The van der Waals surface area contributed by atoms with Gasteiger partial charge in [-0.2, -0.15) is 0 Å². The Bertz CT molecular complexity index is 980. The van der Waals surface area contributed by atoms with Crippen LogP contribution >= 0.6 is 0 Å². The molecule has 1 aliphatic rings. The van der Waals surface area contributed by atoms with Crippen LogP contribution in [0, 0.1) is 26.7 Å². The van der Waals surface area contributed by atoms with E-state index in [-0.39, 0.29) is 36.9 Å². The van der Waals surface area contributed by atoms with Crippen LogP contribution in [0.15, 0.2) is 29.1 Å². The average Bonchev–Trinajstić information content (AvgIpc) is 3.02. The van der Waals surface area contributed by atoms with Gasteiger partial charge in [-0.1, -0.05) is 6.07 Å². The summed E-state index contributed by atoms with van der Waals surface area (Å²) in [6, 6.07) is 7.48. The first-order valence-electron chi connectivity index (χ1n) is 9.22. The molecule has 2 N–H and O–H groups in total. The average molecular weight is 383 g/mol. The summed E-state index contributed by atoms with van der Waals surface area (Å²) in [6.07, 6.45) is 0.131. The summed E-state index contributed by atoms with van der Waals surface area (Å²) in [6.45, 7) is 6.02. The molecule has 148 valence electrons. The number of nitrogens with zero attached hydrogens (tertiary/aromatic N) is 1. The smallest absolute Gasteiger partial charge is 0.253 e. The van der Waals surface area contributed by atoms with Gasteiger partial charge in [0.15, 0.2) is 0 Å². The van der Waals surface area contributed by atoms with Gasteiger partial charge in [0, 0.05) is 30.8 Å². The molecule has 2 aromatic rings. The first kappa shape index (κ1) is 19.7. The van der Waals surface area contributed by atoms with Crippen molar-refractivity contribution in [2.45, 2.75) is 33.7 Å². The highest BCUT2D eigenvalue weighted by atomic mass is 16.5. The van der Waals surface area contributed by atoms with Gasteiger partial charge in [-0.15, -0.1) is 0 Å². The molecule has 1 unspecified atom stereocenters. The lowest BCUT2D eigenvalue weighted by Crippen LogP contribution is -2.34. The number of H-pyrrole nitrogens is 1. The lowest BCUT2D eigenvalue weighted by Gasteiger charge is -2.20. The third-order valence-corrected chi connectivity index (χ3v) is 5.05. The molecule has 1 aliphatic heterocycles. The van der Waals surface area contributed by atoms with Gasteiger partial charge in [0.2, 0.25) is 11.8 Å². The van der Waals surface area contributed by atoms with Crippen molar-refractivity contribution in [3.63, 3.8) is 0 Å². The number of methoxy groups -OCH3 is 1. The van der Waals surface area contributed by atoms with Crippen molar-refractivity contribution in [1.29, 1.82) is 0 Å². The standard InChI is InChI=1S/C21H25N3O4/c1-12-5-6-18(28-4)17(7-12)24-11-15(9-19(24)25)20(26)22-10-16-13(2)8-14(3)23-21(16)27/h5-8,15H,9-11H2,1-4H3,(H,22,26)(H,23,27). The van der Waals surface area contributed by atoms with E-state index >= 15 is 0 Å². The largest absolute Gasteiger partial charge is 0.495 e. The van der Waals surface area contributed by atoms with Crippen LogP contribution in [0.3, 0.4) is 0 Å². The second-order valence-electron chi connectivity index (χ2n) is 7.24. The molecular formula is C21H25N3O4. The van der Waals surface area contributed by atoms with Gasteiger partial charge in [-0.05, 0) is 50.1 Å². The zero-order valence-corrected chi connectivity index (χ0v) is 16.6. The number of hydrogen-bond acceptors (Lipinski definition) is 4. The van der Waals surface area contributed by atoms with Crippen LogP contribution in [-0.2, 0) is 16.1 Å².